The Morgan fingerprint density at radius 3 is 2.17 bits per heavy atom. The second kappa shape index (κ2) is 5.02. The zero-order valence-corrected chi connectivity index (χ0v) is 12.0. The Morgan fingerprint density at radius 2 is 1.78 bits per heavy atom. The van der Waals surface area contributed by atoms with Crippen LogP contribution < -0.4 is 5.32 Å². The molecule has 1 N–H and O–H groups in total. The van der Waals surface area contributed by atoms with Gasteiger partial charge in [0.05, 0.1) is 13.2 Å². The molecule has 0 atom stereocenters. The van der Waals surface area contributed by atoms with Gasteiger partial charge in [-0.25, -0.2) is 0 Å². The van der Waals surface area contributed by atoms with Crippen molar-refractivity contribution in [3.05, 3.63) is 35.4 Å². The van der Waals surface area contributed by atoms with Gasteiger partial charge in [0.25, 0.3) is 0 Å². The molecule has 0 spiro atoms. The minimum Gasteiger partial charge on any atom is -0.379 e. The molecule has 1 aromatic carbocycles. The summed E-state index contributed by atoms with van der Waals surface area (Å²) in [5, 5.41) is 3.24. The minimum atomic E-state index is 0.229. The molecule has 1 saturated heterocycles. The van der Waals surface area contributed by atoms with Crippen molar-refractivity contribution in [3.8, 4) is 0 Å². The summed E-state index contributed by atoms with van der Waals surface area (Å²) in [6, 6.07) is 9.13. The van der Waals surface area contributed by atoms with Gasteiger partial charge in [-0.15, -0.1) is 0 Å². The van der Waals surface area contributed by atoms with E-state index in [0.29, 0.717) is 0 Å². The predicted octanol–water partition coefficient (Wildman–Crippen LogP) is 2.86. The first-order chi connectivity index (χ1) is 8.48. The molecule has 0 unspecified atom stereocenters. The Hall–Kier alpha value is -0.860. The number of benzene rings is 1. The monoisotopic (exact) mass is 247 g/mol. The van der Waals surface area contributed by atoms with Gasteiger partial charge < -0.3 is 10.1 Å². The average molecular weight is 247 g/mol. The van der Waals surface area contributed by atoms with Crippen molar-refractivity contribution >= 4 is 0 Å². The zero-order valence-electron chi connectivity index (χ0n) is 12.0. The molecule has 2 rings (SSSR count). The highest BCUT2D eigenvalue weighted by Gasteiger charge is 2.39. The van der Waals surface area contributed by atoms with E-state index in [0.717, 1.165) is 26.2 Å². The maximum absolute atomic E-state index is 5.46. The first-order valence-corrected chi connectivity index (χ1v) is 6.81. The van der Waals surface area contributed by atoms with Gasteiger partial charge in [0.1, 0.15) is 0 Å². The fraction of sp³-hybridized carbons (Fsp3) is 0.625. The maximum Gasteiger partial charge on any atom is 0.0586 e. The van der Waals surface area contributed by atoms with Gasteiger partial charge in [0.15, 0.2) is 0 Å². The molecule has 1 aliphatic rings. The molecule has 0 saturated carbocycles. The molecule has 0 radical (unpaired) electrons. The summed E-state index contributed by atoms with van der Waals surface area (Å²) >= 11 is 0. The molecule has 100 valence electrons. The molecule has 1 aromatic rings. The first kappa shape index (κ1) is 13.6. The van der Waals surface area contributed by atoms with Gasteiger partial charge >= 0.3 is 0 Å². The lowest BCUT2D eigenvalue weighted by Gasteiger charge is -2.42. The Kier molecular flexibility index (Phi) is 3.79. The second-order valence-electron chi connectivity index (χ2n) is 6.45. The summed E-state index contributed by atoms with van der Waals surface area (Å²) in [5.41, 5.74) is 3.30. The van der Waals surface area contributed by atoms with Crippen LogP contribution >= 0.6 is 0 Å². The molecule has 2 nitrogen and oxygen atoms in total. The van der Waals surface area contributed by atoms with E-state index in [-0.39, 0.29) is 10.8 Å². The quantitative estimate of drug-likeness (QED) is 0.883. The van der Waals surface area contributed by atoms with Crippen molar-refractivity contribution in [2.24, 2.45) is 0 Å². The van der Waals surface area contributed by atoms with E-state index in [4.69, 9.17) is 4.74 Å². The fourth-order valence-electron chi connectivity index (χ4n) is 2.49. The summed E-state index contributed by atoms with van der Waals surface area (Å²) in [4.78, 5) is 0. The highest BCUT2D eigenvalue weighted by molar-refractivity contribution is 5.33. The Labute approximate surface area is 111 Å². The van der Waals surface area contributed by atoms with Gasteiger partial charge in [-0.2, -0.15) is 0 Å². The molecule has 1 fully saturated rings. The predicted molar refractivity (Wildman–Crippen MR) is 76.2 cm³/mol. The van der Waals surface area contributed by atoms with Crippen molar-refractivity contribution in [3.63, 3.8) is 0 Å². The lowest BCUT2D eigenvalue weighted by molar-refractivity contribution is -0.0638. The van der Waals surface area contributed by atoms with E-state index in [9.17, 15) is 0 Å². The average Bonchev–Trinajstić information content (AvgIpc) is 2.27. The molecule has 0 aromatic heterocycles. The number of ether oxygens (including phenoxy) is 1. The number of hydrogen-bond donors (Lipinski definition) is 1. The zero-order chi connectivity index (χ0) is 13.2. The summed E-state index contributed by atoms with van der Waals surface area (Å²) in [5.74, 6) is 0. The fourth-order valence-corrected chi connectivity index (χ4v) is 2.49. The third-order valence-corrected chi connectivity index (χ3v) is 3.97. The Balaban J connectivity index is 2.17. The van der Waals surface area contributed by atoms with Gasteiger partial charge in [-0.05, 0) is 36.6 Å². The van der Waals surface area contributed by atoms with Crippen LogP contribution in [0.5, 0.6) is 0 Å². The minimum absolute atomic E-state index is 0.229. The molecule has 0 aliphatic carbocycles. The van der Waals surface area contributed by atoms with Crippen molar-refractivity contribution in [1.29, 1.82) is 0 Å². The standard InChI is InChI=1S/C16H25NO/c1-15(2,3)13-5-7-14(8-6-13)16(9-10-17-4)11-18-12-16/h5-8,17H,9-12H2,1-4H3. The van der Waals surface area contributed by atoms with E-state index < -0.39 is 0 Å². The van der Waals surface area contributed by atoms with Crippen LogP contribution in [-0.2, 0) is 15.6 Å². The van der Waals surface area contributed by atoms with Crippen molar-refractivity contribution in [2.45, 2.75) is 38.0 Å². The second-order valence-corrected chi connectivity index (χ2v) is 6.45. The van der Waals surface area contributed by atoms with E-state index >= 15 is 0 Å². The first-order valence-electron chi connectivity index (χ1n) is 6.81. The van der Waals surface area contributed by atoms with Gasteiger partial charge in [0, 0.05) is 5.41 Å². The van der Waals surface area contributed by atoms with Gasteiger partial charge in [-0.3, -0.25) is 0 Å². The van der Waals surface area contributed by atoms with Crippen LogP contribution in [0.15, 0.2) is 24.3 Å². The smallest absolute Gasteiger partial charge is 0.0586 e. The van der Waals surface area contributed by atoms with Crippen LogP contribution in [0.2, 0.25) is 0 Å². The van der Waals surface area contributed by atoms with Gasteiger partial charge in [-0.1, -0.05) is 45.0 Å². The van der Waals surface area contributed by atoms with Crippen LogP contribution in [0.4, 0.5) is 0 Å². The molecule has 0 amide bonds. The summed E-state index contributed by atoms with van der Waals surface area (Å²) < 4.78 is 5.46. The Bertz CT molecular complexity index is 385. The summed E-state index contributed by atoms with van der Waals surface area (Å²) in [6.07, 6.45) is 1.15. The van der Waals surface area contributed by atoms with Crippen molar-refractivity contribution in [1.82, 2.24) is 5.32 Å². The van der Waals surface area contributed by atoms with Crippen LogP contribution in [0.25, 0.3) is 0 Å². The van der Waals surface area contributed by atoms with Gasteiger partial charge in [0.2, 0.25) is 0 Å². The van der Waals surface area contributed by atoms with E-state index in [2.05, 4.69) is 50.4 Å². The Morgan fingerprint density at radius 1 is 1.17 bits per heavy atom. The van der Waals surface area contributed by atoms with Crippen LogP contribution in [-0.4, -0.2) is 26.8 Å². The normalized spacial score (nSPS) is 18.4. The molecule has 1 heterocycles. The summed E-state index contributed by atoms with van der Waals surface area (Å²) in [7, 11) is 2.01. The maximum atomic E-state index is 5.46. The van der Waals surface area contributed by atoms with Crippen LogP contribution in [0.3, 0.4) is 0 Å². The molecule has 18 heavy (non-hydrogen) atoms. The lowest BCUT2D eigenvalue weighted by Crippen LogP contribution is -2.48. The van der Waals surface area contributed by atoms with Crippen molar-refractivity contribution in [2.75, 3.05) is 26.8 Å². The molecule has 1 aliphatic heterocycles. The molecular formula is C16H25NO. The highest BCUT2D eigenvalue weighted by atomic mass is 16.5. The topological polar surface area (TPSA) is 21.3 Å². The third kappa shape index (κ3) is 2.60. The third-order valence-electron chi connectivity index (χ3n) is 3.97. The largest absolute Gasteiger partial charge is 0.379 e. The molecule has 2 heteroatoms. The SMILES string of the molecule is CNCCC1(c2ccc(C(C)(C)C)cc2)COC1. The molecular weight excluding hydrogens is 222 g/mol. The van der Waals surface area contributed by atoms with Crippen LogP contribution in [0.1, 0.15) is 38.3 Å². The highest BCUT2D eigenvalue weighted by Crippen LogP contribution is 2.36. The number of hydrogen-bond acceptors (Lipinski definition) is 2. The lowest BCUT2D eigenvalue weighted by atomic mass is 9.74. The molecule has 0 bridgehead atoms. The van der Waals surface area contributed by atoms with Crippen LogP contribution in [0, 0.1) is 0 Å². The number of rotatable bonds is 4. The van der Waals surface area contributed by atoms with Crippen molar-refractivity contribution < 1.29 is 4.74 Å². The van der Waals surface area contributed by atoms with E-state index in [1.165, 1.54) is 11.1 Å². The summed E-state index contributed by atoms with van der Waals surface area (Å²) in [6.45, 7) is 9.54. The van der Waals surface area contributed by atoms with E-state index in [1.54, 1.807) is 0 Å². The van der Waals surface area contributed by atoms with E-state index in [1.807, 2.05) is 7.05 Å². The number of nitrogens with one attached hydrogen (secondary N) is 1.